The fourth-order valence-electron chi connectivity index (χ4n) is 2.95. The fraction of sp³-hybridized carbons (Fsp3) is 0.588. The van der Waals surface area contributed by atoms with E-state index in [0.717, 1.165) is 25.8 Å². The van der Waals surface area contributed by atoms with Crippen LogP contribution in [0, 0.1) is 0 Å². The van der Waals surface area contributed by atoms with Gasteiger partial charge in [-0.15, -0.1) is 0 Å². The lowest BCUT2D eigenvalue weighted by atomic mass is 9.92. The SMILES string of the molecule is CCC(CC(=O)NC1CCCNC1C)c1ccccc1. The topological polar surface area (TPSA) is 41.1 Å². The Morgan fingerprint density at radius 1 is 1.40 bits per heavy atom. The van der Waals surface area contributed by atoms with Crippen LogP contribution in [0.4, 0.5) is 0 Å². The highest BCUT2D eigenvalue weighted by atomic mass is 16.1. The number of hydrogen-bond donors (Lipinski definition) is 2. The number of carbonyl (C=O) groups is 1. The second-order valence-corrected chi connectivity index (χ2v) is 5.78. The normalized spacial score (nSPS) is 24.1. The zero-order valence-corrected chi connectivity index (χ0v) is 12.6. The molecule has 1 heterocycles. The lowest BCUT2D eigenvalue weighted by Gasteiger charge is -2.31. The molecule has 1 aromatic carbocycles. The second-order valence-electron chi connectivity index (χ2n) is 5.78. The van der Waals surface area contributed by atoms with Crippen molar-refractivity contribution in [3.05, 3.63) is 35.9 Å². The molecular formula is C17H26N2O. The van der Waals surface area contributed by atoms with Crippen molar-refractivity contribution in [3.63, 3.8) is 0 Å². The largest absolute Gasteiger partial charge is 0.352 e. The maximum atomic E-state index is 12.3. The molecule has 1 aliphatic rings. The summed E-state index contributed by atoms with van der Waals surface area (Å²) in [5.41, 5.74) is 1.26. The molecule has 3 atom stereocenters. The Balaban J connectivity index is 1.89. The molecule has 0 aromatic heterocycles. The van der Waals surface area contributed by atoms with Crippen molar-refractivity contribution in [2.75, 3.05) is 6.54 Å². The average Bonchev–Trinajstić information content (AvgIpc) is 2.48. The Bertz CT molecular complexity index is 418. The van der Waals surface area contributed by atoms with E-state index in [1.165, 1.54) is 5.56 Å². The van der Waals surface area contributed by atoms with Crippen LogP contribution in [-0.4, -0.2) is 24.5 Å². The van der Waals surface area contributed by atoms with E-state index in [0.29, 0.717) is 18.4 Å². The van der Waals surface area contributed by atoms with Gasteiger partial charge in [-0.1, -0.05) is 37.3 Å². The van der Waals surface area contributed by atoms with E-state index in [1.54, 1.807) is 0 Å². The highest BCUT2D eigenvalue weighted by Crippen LogP contribution is 2.23. The summed E-state index contributed by atoms with van der Waals surface area (Å²) in [5.74, 6) is 0.504. The fourth-order valence-corrected chi connectivity index (χ4v) is 2.95. The molecule has 110 valence electrons. The van der Waals surface area contributed by atoms with Crippen LogP contribution in [0.2, 0.25) is 0 Å². The van der Waals surface area contributed by atoms with Crippen molar-refractivity contribution >= 4 is 5.91 Å². The van der Waals surface area contributed by atoms with Gasteiger partial charge in [0.2, 0.25) is 5.91 Å². The Labute approximate surface area is 122 Å². The minimum Gasteiger partial charge on any atom is -0.352 e. The molecule has 20 heavy (non-hydrogen) atoms. The lowest BCUT2D eigenvalue weighted by Crippen LogP contribution is -2.52. The first-order valence-electron chi connectivity index (χ1n) is 7.78. The molecule has 0 aliphatic carbocycles. The van der Waals surface area contributed by atoms with Crippen molar-refractivity contribution in [2.45, 2.75) is 57.5 Å². The molecule has 2 rings (SSSR count). The first-order chi connectivity index (χ1) is 9.70. The van der Waals surface area contributed by atoms with Crippen molar-refractivity contribution < 1.29 is 4.79 Å². The van der Waals surface area contributed by atoms with Gasteiger partial charge in [0.05, 0.1) is 0 Å². The predicted molar refractivity (Wildman–Crippen MR) is 82.7 cm³/mol. The van der Waals surface area contributed by atoms with Crippen molar-refractivity contribution in [2.24, 2.45) is 0 Å². The van der Waals surface area contributed by atoms with E-state index in [4.69, 9.17) is 0 Å². The van der Waals surface area contributed by atoms with Gasteiger partial charge in [-0.2, -0.15) is 0 Å². The Morgan fingerprint density at radius 3 is 2.80 bits per heavy atom. The molecule has 0 spiro atoms. The zero-order valence-electron chi connectivity index (χ0n) is 12.6. The van der Waals surface area contributed by atoms with Crippen LogP contribution >= 0.6 is 0 Å². The number of benzene rings is 1. The molecule has 1 aromatic rings. The minimum absolute atomic E-state index is 0.182. The van der Waals surface area contributed by atoms with E-state index in [-0.39, 0.29) is 11.9 Å². The van der Waals surface area contributed by atoms with Gasteiger partial charge < -0.3 is 10.6 Å². The summed E-state index contributed by atoms with van der Waals surface area (Å²) in [6.07, 6.45) is 3.81. The van der Waals surface area contributed by atoms with Gasteiger partial charge in [-0.25, -0.2) is 0 Å². The number of piperidine rings is 1. The maximum absolute atomic E-state index is 12.3. The molecule has 3 unspecified atom stereocenters. The van der Waals surface area contributed by atoms with Gasteiger partial charge in [0.25, 0.3) is 0 Å². The smallest absolute Gasteiger partial charge is 0.220 e. The van der Waals surface area contributed by atoms with Gasteiger partial charge in [0.15, 0.2) is 0 Å². The summed E-state index contributed by atoms with van der Waals surface area (Å²) >= 11 is 0. The summed E-state index contributed by atoms with van der Waals surface area (Å²) in [7, 11) is 0. The molecule has 0 radical (unpaired) electrons. The van der Waals surface area contributed by atoms with Crippen molar-refractivity contribution in [3.8, 4) is 0 Å². The van der Waals surface area contributed by atoms with Crippen LogP contribution in [0.25, 0.3) is 0 Å². The average molecular weight is 274 g/mol. The van der Waals surface area contributed by atoms with Crippen LogP contribution in [0.1, 0.15) is 51.0 Å². The molecule has 1 saturated heterocycles. The quantitative estimate of drug-likeness (QED) is 0.867. The molecule has 1 amide bonds. The van der Waals surface area contributed by atoms with Crippen LogP contribution in [0.15, 0.2) is 30.3 Å². The van der Waals surface area contributed by atoms with Crippen LogP contribution in [0.3, 0.4) is 0 Å². The molecule has 0 bridgehead atoms. The number of carbonyl (C=O) groups excluding carboxylic acids is 1. The Hall–Kier alpha value is -1.35. The third-order valence-corrected chi connectivity index (χ3v) is 4.30. The predicted octanol–water partition coefficient (Wildman–Crippen LogP) is 2.83. The number of nitrogens with one attached hydrogen (secondary N) is 2. The van der Waals surface area contributed by atoms with E-state index >= 15 is 0 Å². The summed E-state index contributed by atoms with van der Waals surface area (Å²) in [4.78, 5) is 12.3. The van der Waals surface area contributed by atoms with Gasteiger partial charge in [-0.3, -0.25) is 4.79 Å². The highest BCUT2D eigenvalue weighted by Gasteiger charge is 2.23. The van der Waals surface area contributed by atoms with E-state index in [9.17, 15) is 4.79 Å². The van der Waals surface area contributed by atoms with Gasteiger partial charge in [0.1, 0.15) is 0 Å². The third-order valence-electron chi connectivity index (χ3n) is 4.30. The summed E-state index contributed by atoms with van der Waals surface area (Å²) in [6.45, 7) is 5.36. The van der Waals surface area contributed by atoms with E-state index in [1.807, 2.05) is 18.2 Å². The van der Waals surface area contributed by atoms with Crippen molar-refractivity contribution in [1.82, 2.24) is 10.6 Å². The van der Waals surface area contributed by atoms with Gasteiger partial charge in [-0.05, 0) is 44.2 Å². The summed E-state index contributed by atoms with van der Waals surface area (Å²) < 4.78 is 0. The summed E-state index contributed by atoms with van der Waals surface area (Å²) in [5, 5.41) is 6.62. The molecular weight excluding hydrogens is 248 g/mol. The second kappa shape index (κ2) is 7.44. The van der Waals surface area contributed by atoms with Crippen LogP contribution < -0.4 is 10.6 Å². The number of hydrogen-bond acceptors (Lipinski definition) is 2. The van der Waals surface area contributed by atoms with Gasteiger partial charge >= 0.3 is 0 Å². The van der Waals surface area contributed by atoms with E-state index < -0.39 is 0 Å². The standard InChI is InChI=1S/C17H26N2O/c1-3-14(15-8-5-4-6-9-15)12-17(20)19-16-10-7-11-18-13(16)2/h4-6,8-9,13-14,16,18H,3,7,10-12H2,1-2H3,(H,19,20). The Kier molecular flexibility index (Phi) is 5.60. The summed E-state index contributed by atoms with van der Waals surface area (Å²) in [6, 6.07) is 11.0. The molecule has 3 nitrogen and oxygen atoms in total. The monoisotopic (exact) mass is 274 g/mol. The van der Waals surface area contributed by atoms with Crippen LogP contribution in [-0.2, 0) is 4.79 Å². The van der Waals surface area contributed by atoms with Gasteiger partial charge in [0, 0.05) is 18.5 Å². The molecule has 3 heteroatoms. The first-order valence-corrected chi connectivity index (χ1v) is 7.78. The highest BCUT2D eigenvalue weighted by molar-refractivity contribution is 5.77. The molecule has 2 N–H and O–H groups in total. The lowest BCUT2D eigenvalue weighted by molar-refractivity contribution is -0.122. The maximum Gasteiger partial charge on any atom is 0.220 e. The third kappa shape index (κ3) is 4.07. The molecule has 1 aliphatic heterocycles. The first kappa shape index (κ1) is 15.0. The molecule has 1 fully saturated rings. The van der Waals surface area contributed by atoms with Crippen LogP contribution in [0.5, 0.6) is 0 Å². The Morgan fingerprint density at radius 2 is 2.15 bits per heavy atom. The zero-order chi connectivity index (χ0) is 14.4. The number of rotatable bonds is 5. The number of amides is 1. The van der Waals surface area contributed by atoms with Crippen molar-refractivity contribution in [1.29, 1.82) is 0 Å². The minimum atomic E-state index is 0.182. The van der Waals surface area contributed by atoms with E-state index in [2.05, 4.69) is 36.6 Å². The molecule has 0 saturated carbocycles.